The van der Waals surface area contributed by atoms with Gasteiger partial charge in [0.05, 0.1) is 6.20 Å². The first kappa shape index (κ1) is 8.78. The standard InChI is InChI=1S/C9H6BrClN2/c10-9-7(5-12-13-9)6-3-1-2-4-8(6)11/h1-5H,(H,12,13). The molecule has 2 nitrogen and oxygen atoms in total. The molecule has 1 heterocycles. The molecule has 0 aliphatic heterocycles. The molecule has 0 radical (unpaired) electrons. The average Bonchev–Trinajstić information content (AvgIpc) is 2.52. The molecule has 2 aromatic rings. The number of nitrogens with zero attached hydrogens (tertiary/aromatic N) is 1. The van der Waals surface area contributed by atoms with E-state index in [2.05, 4.69) is 26.1 Å². The summed E-state index contributed by atoms with van der Waals surface area (Å²) in [6, 6.07) is 7.66. The van der Waals surface area contributed by atoms with Gasteiger partial charge in [0.15, 0.2) is 0 Å². The molecule has 1 aromatic heterocycles. The van der Waals surface area contributed by atoms with Gasteiger partial charge in [-0.25, -0.2) is 0 Å². The van der Waals surface area contributed by atoms with Crippen LogP contribution in [0.1, 0.15) is 0 Å². The van der Waals surface area contributed by atoms with E-state index in [0.717, 1.165) is 20.8 Å². The number of halogens is 2. The highest BCUT2D eigenvalue weighted by Gasteiger charge is 2.07. The zero-order valence-electron chi connectivity index (χ0n) is 6.59. The van der Waals surface area contributed by atoms with E-state index < -0.39 is 0 Å². The van der Waals surface area contributed by atoms with Crippen molar-refractivity contribution in [3.8, 4) is 11.1 Å². The smallest absolute Gasteiger partial charge is 0.108 e. The van der Waals surface area contributed by atoms with Crippen LogP contribution in [0.5, 0.6) is 0 Å². The second-order valence-electron chi connectivity index (χ2n) is 2.58. The summed E-state index contributed by atoms with van der Waals surface area (Å²) in [5, 5.41) is 7.44. The normalized spacial score (nSPS) is 10.3. The molecule has 13 heavy (non-hydrogen) atoms. The van der Waals surface area contributed by atoms with Gasteiger partial charge in [0.1, 0.15) is 4.60 Å². The van der Waals surface area contributed by atoms with E-state index in [1.165, 1.54) is 0 Å². The van der Waals surface area contributed by atoms with Crippen molar-refractivity contribution in [2.75, 3.05) is 0 Å². The van der Waals surface area contributed by atoms with Crippen LogP contribution in [-0.4, -0.2) is 10.2 Å². The highest BCUT2D eigenvalue weighted by molar-refractivity contribution is 9.10. The van der Waals surface area contributed by atoms with Crippen molar-refractivity contribution in [2.45, 2.75) is 0 Å². The fourth-order valence-corrected chi connectivity index (χ4v) is 1.79. The minimum Gasteiger partial charge on any atom is -0.271 e. The van der Waals surface area contributed by atoms with Gasteiger partial charge in [-0.2, -0.15) is 5.10 Å². The summed E-state index contributed by atoms with van der Waals surface area (Å²) in [5.41, 5.74) is 1.95. The van der Waals surface area contributed by atoms with Gasteiger partial charge >= 0.3 is 0 Å². The van der Waals surface area contributed by atoms with Crippen molar-refractivity contribution in [2.24, 2.45) is 0 Å². The summed E-state index contributed by atoms with van der Waals surface area (Å²) < 4.78 is 0.848. The van der Waals surface area contributed by atoms with E-state index >= 15 is 0 Å². The molecule has 0 fully saturated rings. The Morgan fingerprint density at radius 2 is 2.00 bits per heavy atom. The van der Waals surface area contributed by atoms with Gasteiger partial charge in [0.2, 0.25) is 0 Å². The van der Waals surface area contributed by atoms with Gasteiger partial charge in [0.25, 0.3) is 0 Å². The van der Waals surface area contributed by atoms with Gasteiger partial charge in [-0.3, -0.25) is 5.10 Å². The largest absolute Gasteiger partial charge is 0.271 e. The van der Waals surface area contributed by atoms with Crippen LogP contribution in [0.4, 0.5) is 0 Å². The van der Waals surface area contributed by atoms with Gasteiger partial charge in [-0.15, -0.1) is 0 Å². The first-order valence-electron chi connectivity index (χ1n) is 3.73. The fourth-order valence-electron chi connectivity index (χ4n) is 1.14. The molecular weight excluding hydrogens is 251 g/mol. The molecule has 66 valence electrons. The molecule has 0 saturated heterocycles. The maximum atomic E-state index is 6.03. The quantitative estimate of drug-likeness (QED) is 0.832. The second kappa shape index (κ2) is 3.52. The van der Waals surface area contributed by atoms with E-state index in [4.69, 9.17) is 11.6 Å². The minimum atomic E-state index is 0.726. The van der Waals surface area contributed by atoms with Crippen molar-refractivity contribution in [1.29, 1.82) is 0 Å². The number of hydrogen-bond acceptors (Lipinski definition) is 1. The predicted octanol–water partition coefficient (Wildman–Crippen LogP) is 3.49. The topological polar surface area (TPSA) is 28.7 Å². The number of benzene rings is 1. The summed E-state index contributed by atoms with van der Waals surface area (Å²) in [5.74, 6) is 0. The highest BCUT2D eigenvalue weighted by Crippen LogP contribution is 2.31. The van der Waals surface area contributed by atoms with Gasteiger partial charge in [-0.1, -0.05) is 29.8 Å². The zero-order chi connectivity index (χ0) is 9.26. The van der Waals surface area contributed by atoms with E-state index in [1.54, 1.807) is 6.20 Å². The Balaban J connectivity index is 2.59. The Kier molecular flexibility index (Phi) is 2.38. The number of H-pyrrole nitrogens is 1. The van der Waals surface area contributed by atoms with Crippen molar-refractivity contribution in [3.63, 3.8) is 0 Å². The first-order valence-corrected chi connectivity index (χ1v) is 4.90. The summed E-state index contributed by atoms with van der Waals surface area (Å²) in [6.07, 6.45) is 1.74. The van der Waals surface area contributed by atoms with Crippen LogP contribution < -0.4 is 0 Å². The SMILES string of the molecule is Clc1ccccc1-c1cn[nH]c1Br. The molecular formula is C9H6BrClN2. The van der Waals surface area contributed by atoms with Crippen LogP contribution in [0.3, 0.4) is 0 Å². The van der Waals surface area contributed by atoms with Crippen molar-refractivity contribution in [1.82, 2.24) is 10.2 Å². The summed E-state index contributed by atoms with van der Waals surface area (Å²) in [7, 11) is 0. The first-order chi connectivity index (χ1) is 6.29. The lowest BCUT2D eigenvalue weighted by atomic mass is 10.1. The Hall–Kier alpha value is -0.800. The Labute approximate surface area is 89.1 Å². The Morgan fingerprint density at radius 1 is 1.23 bits per heavy atom. The Bertz CT molecular complexity index is 425. The van der Waals surface area contributed by atoms with Crippen molar-refractivity contribution < 1.29 is 0 Å². The van der Waals surface area contributed by atoms with Crippen molar-refractivity contribution >= 4 is 27.5 Å². The number of aromatic nitrogens is 2. The van der Waals surface area contributed by atoms with E-state index in [0.29, 0.717) is 0 Å². The molecule has 1 aromatic carbocycles. The highest BCUT2D eigenvalue weighted by atomic mass is 79.9. The van der Waals surface area contributed by atoms with E-state index in [9.17, 15) is 0 Å². The zero-order valence-corrected chi connectivity index (χ0v) is 8.93. The molecule has 0 atom stereocenters. The molecule has 0 spiro atoms. The maximum absolute atomic E-state index is 6.03. The molecule has 1 N–H and O–H groups in total. The van der Waals surface area contributed by atoms with Crippen LogP contribution >= 0.6 is 27.5 Å². The monoisotopic (exact) mass is 256 g/mol. The number of rotatable bonds is 1. The number of nitrogens with one attached hydrogen (secondary N) is 1. The molecule has 2 rings (SSSR count). The molecule has 0 saturated carbocycles. The van der Waals surface area contributed by atoms with Crippen LogP contribution in [0.2, 0.25) is 5.02 Å². The summed E-state index contributed by atoms with van der Waals surface area (Å²) in [4.78, 5) is 0. The van der Waals surface area contributed by atoms with Crippen LogP contribution in [-0.2, 0) is 0 Å². The van der Waals surface area contributed by atoms with E-state index in [-0.39, 0.29) is 0 Å². The molecule has 0 unspecified atom stereocenters. The minimum absolute atomic E-state index is 0.726. The summed E-state index contributed by atoms with van der Waals surface area (Å²) in [6.45, 7) is 0. The third-order valence-electron chi connectivity index (χ3n) is 1.76. The Morgan fingerprint density at radius 3 is 2.62 bits per heavy atom. The van der Waals surface area contributed by atoms with E-state index in [1.807, 2.05) is 24.3 Å². The van der Waals surface area contributed by atoms with Crippen molar-refractivity contribution in [3.05, 3.63) is 40.1 Å². The molecule has 4 heteroatoms. The second-order valence-corrected chi connectivity index (χ2v) is 3.78. The van der Waals surface area contributed by atoms with Crippen LogP contribution in [0.25, 0.3) is 11.1 Å². The number of aromatic amines is 1. The third-order valence-corrected chi connectivity index (χ3v) is 2.69. The lowest BCUT2D eigenvalue weighted by Gasteiger charge is -2.00. The van der Waals surface area contributed by atoms with Gasteiger partial charge in [-0.05, 0) is 22.0 Å². The molecule has 0 amide bonds. The van der Waals surface area contributed by atoms with Crippen LogP contribution in [0, 0.1) is 0 Å². The maximum Gasteiger partial charge on any atom is 0.108 e. The summed E-state index contributed by atoms with van der Waals surface area (Å²) >= 11 is 9.39. The predicted molar refractivity (Wildman–Crippen MR) is 56.7 cm³/mol. The number of hydrogen-bond donors (Lipinski definition) is 1. The molecule has 0 aliphatic rings. The molecule has 0 aliphatic carbocycles. The third kappa shape index (κ3) is 1.62. The van der Waals surface area contributed by atoms with Crippen LogP contribution in [0.15, 0.2) is 35.1 Å². The fraction of sp³-hybridized carbons (Fsp3) is 0. The average molecular weight is 258 g/mol. The van der Waals surface area contributed by atoms with Gasteiger partial charge in [0, 0.05) is 16.1 Å². The lowest BCUT2D eigenvalue weighted by Crippen LogP contribution is -1.76. The molecule has 0 bridgehead atoms. The lowest BCUT2D eigenvalue weighted by molar-refractivity contribution is 1.07. The van der Waals surface area contributed by atoms with Gasteiger partial charge < -0.3 is 0 Å².